The molecular formula is C15H21N3O4. The fraction of sp³-hybridized carbons (Fsp3) is 0.600. The van der Waals surface area contributed by atoms with Gasteiger partial charge in [0.1, 0.15) is 5.69 Å². The molecule has 22 heavy (non-hydrogen) atoms. The minimum absolute atomic E-state index is 0.0289. The highest BCUT2D eigenvalue weighted by molar-refractivity contribution is 5.78. The lowest BCUT2D eigenvalue weighted by molar-refractivity contribution is -0.390. The van der Waals surface area contributed by atoms with Crippen molar-refractivity contribution in [2.45, 2.75) is 52.1 Å². The van der Waals surface area contributed by atoms with E-state index in [-0.39, 0.29) is 36.2 Å². The number of rotatable bonds is 4. The summed E-state index contributed by atoms with van der Waals surface area (Å²) in [6.07, 6.45) is 3.06. The number of hydrogen-bond acceptors (Lipinski definition) is 5. The van der Waals surface area contributed by atoms with Crippen LogP contribution < -0.4 is 4.74 Å². The minimum Gasteiger partial charge on any atom is -0.476 e. The average Bonchev–Trinajstić information content (AvgIpc) is 2.45. The number of aromatic nitrogens is 1. The predicted molar refractivity (Wildman–Crippen MR) is 80.7 cm³/mol. The van der Waals surface area contributed by atoms with Gasteiger partial charge >= 0.3 is 5.82 Å². The van der Waals surface area contributed by atoms with Crippen molar-refractivity contribution in [2.24, 2.45) is 0 Å². The molecule has 2 atom stereocenters. The van der Waals surface area contributed by atoms with Crippen LogP contribution in [-0.2, 0) is 4.79 Å². The average molecular weight is 307 g/mol. The van der Waals surface area contributed by atoms with Crippen LogP contribution in [0.5, 0.6) is 5.75 Å². The zero-order valence-electron chi connectivity index (χ0n) is 13.1. The molecule has 0 saturated carbocycles. The number of hydrogen-bond donors (Lipinski definition) is 0. The summed E-state index contributed by atoms with van der Waals surface area (Å²) >= 11 is 0. The molecule has 120 valence electrons. The van der Waals surface area contributed by atoms with Crippen molar-refractivity contribution in [3.8, 4) is 5.75 Å². The van der Waals surface area contributed by atoms with E-state index in [4.69, 9.17) is 4.74 Å². The fourth-order valence-electron chi connectivity index (χ4n) is 2.90. The van der Waals surface area contributed by atoms with Gasteiger partial charge < -0.3 is 19.8 Å². The van der Waals surface area contributed by atoms with Gasteiger partial charge in [0, 0.05) is 19.0 Å². The van der Waals surface area contributed by atoms with Gasteiger partial charge in [-0.1, -0.05) is 0 Å². The first-order chi connectivity index (χ1) is 10.4. The fourth-order valence-corrected chi connectivity index (χ4v) is 2.90. The Balaban J connectivity index is 2.06. The number of piperidine rings is 1. The van der Waals surface area contributed by atoms with E-state index in [9.17, 15) is 14.9 Å². The summed E-state index contributed by atoms with van der Waals surface area (Å²) in [4.78, 5) is 28.4. The molecular weight excluding hydrogens is 286 g/mol. The van der Waals surface area contributed by atoms with Crippen molar-refractivity contribution in [1.29, 1.82) is 0 Å². The second-order valence-electron chi connectivity index (χ2n) is 5.75. The Morgan fingerprint density at radius 3 is 2.64 bits per heavy atom. The number of pyridine rings is 1. The molecule has 2 heterocycles. The molecule has 7 heteroatoms. The number of likely N-dealkylation sites (tertiary alicyclic amines) is 1. The van der Waals surface area contributed by atoms with Gasteiger partial charge in [-0.15, -0.1) is 0 Å². The molecule has 0 bridgehead atoms. The number of carbonyl (C=O) groups excluding carboxylic acids is 1. The lowest BCUT2D eigenvalue weighted by atomic mass is 9.97. The van der Waals surface area contributed by atoms with Crippen LogP contribution in [0.15, 0.2) is 12.1 Å². The summed E-state index contributed by atoms with van der Waals surface area (Å²) in [6.45, 7) is 5.49. The van der Waals surface area contributed by atoms with E-state index in [1.54, 1.807) is 13.0 Å². The summed E-state index contributed by atoms with van der Waals surface area (Å²) in [5.41, 5.74) is 0.531. The Bertz CT molecular complexity index is 566. The first-order valence-electron chi connectivity index (χ1n) is 7.46. The first kappa shape index (κ1) is 16.2. The lowest BCUT2D eigenvalue weighted by Gasteiger charge is -2.38. The Labute approximate surface area is 129 Å². The number of amides is 1. The van der Waals surface area contributed by atoms with E-state index in [1.165, 1.54) is 6.07 Å². The Morgan fingerprint density at radius 2 is 2.05 bits per heavy atom. The Hall–Kier alpha value is -2.18. The maximum absolute atomic E-state index is 12.4. The molecule has 1 amide bonds. The number of ether oxygens (including phenoxy) is 1. The molecule has 1 aliphatic rings. The SMILES string of the molecule is Cc1ccc(OCC(=O)N2C(C)CCCC2C)c([N+](=O)[O-])n1. The zero-order valence-corrected chi connectivity index (χ0v) is 13.1. The first-order valence-corrected chi connectivity index (χ1v) is 7.46. The Kier molecular flexibility index (Phi) is 4.95. The molecule has 0 spiro atoms. The van der Waals surface area contributed by atoms with Crippen LogP contribution in [0, 0.1) is 17.0 Å². The topological polar surface area (TPSA) is 85.6 Å². The lowest BCUT2D eigenvalue weighted by Crippen LogP contribution is -2.49. The molecule has 1 fully saturated rings. The number of nitro groups is 1. The molecule has 1 aliphatic heterocycles. The van der Waals surface area contributed by atoms with Crippen LogP contribution in [0.25, 0.3) is 0 Å². The highest BCUT2D eigenvalue weighted by Gasteiger charge is 2.29. The monoisotopic (exact) mass is 307 g/mol. The van der Waals surface area contributed by atoms with Crippen LogP contribution in [0.2, 0.25) is 0 Å². The van der Waals surface area contributed by atoms with Gasteiger partial charge in [0.2, 0.25) is 5.75 Å². The highest BCUT2D eigenvalue weighted by Crippen LogP contribution is 2.26. The van der Waals surface area contributed by atoms with Crippen molar-refractivity contribution in [1.82, 2.24) is 9.88 Å². The van der Waals surface area contributed by atoms with E-state index in [0.29, 0.717) is 5.69 Å². The van der Waals surface area contributed by atoms with E-state index in [0.717, 1.165) is 19.3 Å². The van der Waals surface area contributed by atoms with Gasteiger partial charge in [0.05, 0.1) is 0 Å². The number of nitrogens with zero attached hydrogens (tertiary/aromatic N) is 3. The van der Waals surface area contributed by atoms with Crippen molar-refractivity contribution in [3.63, 3.8) is 0 Å². The third kappa shape index (κ3) is 3.52. The van der Waals surface area contributed by atoms with E-state index in [1.807, 2.05) is 18.7 Å². The molecule has 1 saturated heterocycles. The quantitative estimate of drug-likeness (QED) is 0.630. The Morgan fingerprint density at radius 1 is 1.41 bits per heavy atom. The molecule has 0 N–H and O–H groups in total. The second-order valence-corrected chi connectivity index (χ2v) is 5.75. The molecule has 1 aromatic heterocycles. The largest absolute Gasteiger partial charge is 0.476 e. The summed E-state index contributed by atoms with van der Waals surface area (Å²) < 4.78 is 5.37. The number of aryl methyl sites for hydroxylation is 1. The van der Waals surface area contributed by atoms with E-state index in [2.05, 4.69) is 4.98 Å². The third-order valence-corrected chi connectivity index (χ3v) is 3.98. The van der Waals surface area contributed by atoms with Crippen molar-refractivity contribution >= 4 is 11.7 Å². The van der Waals surface area contributed by atoms with Crippen LogP contribution >= 0.6 is 0 Å². The van der Waals surface area contributed by atoms with Gasteiger partial charge in [-0.2, -0.15) is 0 Å². The van der Waals surface area contributed by atoms with Crippen LogP contribution in [-0.4, -0.2) is 39.4 Å². The molecule has 0 radical (unpaired) electrons. The summed E-state index contributed by atoms with van der Waals surface area (Å²) in [5, 5.41) is 11.0. The van der Waals surface area contributed by atoms with Gasteiger partial charge in [-0.25, -0.2) is 0 Å². The smallest absolute Gasteiger partial charge is 0.406 e. The van der Waals surface area contributed by atoms with Gasteiger partial charge in [0.15, 0.2) is 6.61 Å². The maximum Gasteiger partial charge on any atom is 0.406 e. The predicted octanol–water partition coefficient (Wildman–Crippen LogP) is 2.47. The molecule has 2 rings (SSSR count). The molecule has 0 aliphatic carbocycles. The normalized spacial score (nSPS) is 21.5. The van der Waals surface area contributed by atoms with Gasteiger partial charge in [0.25, 0.3) is 5.91 Å². The van der Waals surface area contributed by atoms with Crippen LogP contribution in [0.1, 0.15) is 38.8 Å². The summed E-state index contributed by atoms with van der Waals surface area (Å²) in [6, 6.07) is 3.45. The zero-order chi connectivity index (χ0) is 16.3. The summed E-state index contributed by atoms with van der Waals surface area (Å²) in [5.74, 6) is -0.469. The van der Waals surface area contributed by atoms with Crippen molar-refractivity contribution < 1.29 is 14.5 Å². The highest BCUT2D eigenvalue weighted by atomic mass is 16.6. The number of carbonyl (C=O) groups is 1. The van der Waals surface area contributed by atoms with Crippen molar-refractivity contribution in [3.05, 3.63) is 27.9 Å². The van der Waals surface area contributed by atoms with Gasteiger partial charge in [-0.3, -0.25) is 4.79 Å². The van der Waals surface area contributed by atoms with E-state index >= 15 is 0 Å². The third-order valence-electron chi connectivity index (χ3n) is 3.98. The van der Waals surface area contributed by atoms with Gasteiger partial charge in [-0.05, 0) is 55.1 Å². The van der Waals surface area contributed by atoms with Crippen molar-refractivity contribution in [2.75, 3.05) is 6.61 Å². The molecule has 0 aromatic carbocycles. The van der Waals surface area contributed by atoms with Crippen LogP contribution in [0.4, 0.5) is 5.82 Å². The molecule has 7 nitrogen and oxygen atoms in total. The maximum atomic E-state index is 12.4. The van der Waals surface area contributed by atoms with Crippen LogP contribution in [0.3, 0.4) is 0 Å². The standard InChI is InChI=1S/C15H21N3O4/c1-10-7-8-13(15(16-10)18(20)21)22-9-14(19)17-11(2)5-4-6-12(17)3/h7-8,11-12H,4-6,9H2,1-3H3. The minimum atomic E-state index is -0.598. The van der Waals surface area contributed by atoms with E-state index < -0.39 is 4.92 Å². The molecule has 1 aromatic rings. The second kappa shape index (κ2) is 6.72. The molecule has 2 unspecified atom stereocenters. The summed E-state index contributed by atoms with van der Waals surface area (Å²) in [7, 11) is 0.